The molecule has 1 aromatic rings. The van der Waals surface area contributed by atoms with Gasteiger partial charge in [-0.05, 0) is 74.8 Å². The van der Waals surface area contributed by atoms with E-state index in [4.69, 9.17) is 20.4 Å². The highest BCUT2D eigenvalue weighted by atomic mass is 127. The number of rotatable bonds is 9. The van der Waals surface area contributed by atoms with Crippen molar-refractivity contribution < 1.29 is 45.0 Å². The van der Waals surface area contributed by atoms with Crippen molar-refractivity contribution in [3.05, 3.63) is 21.8 Å². The number of carboxylic acid groups (broad SMARTS) is 1. The summed E-state index contributed by atoms with van der Waals surface area (Å²) in [6.07, 6.45) is -5.65. The van der Waals surface area contributed by atoms with Crippen LogP contribution in [0, 0.1) is 10.7 Å². The quantitative estimate of drug-likeness (QED) is 0.141. The van der Waals surface area contributed by atoms with Crippen molar-refractivity contribution in [3.8, 4) is 0 Å². The van der Waals surface area contributed by atoms with Gasteiger partial charge in [-0.1, -0.05) is 0 Å². The van der Waals surface area contributed by atoms with Crippen molar-refractivity contribution in [2.45, 2.75) is 31.3 Å². The zero-order valence-electron chi connectivity index (χ0n) is 17.8. The first-order chi connectivity index (χ1) is 15.3. The third-order valence-corrected chi connectivity index (χ3v) is 7.26. The second-order valence-electron chi connectivity index (χ2n) is 6.49. The van der Waals surface area contributed by atoms with Gasteiger partial charge in [0.1, 0.15) is 18.3 Å². The fourth-order valence-electron chi connectivity index (χ4n) is 2.36. The normalized spacial score (nSPS) is 14.3. The number of benzene rings is 1. The lowest BCUT2D eigenvalue weighted by molar-refractivity contribution is -0.114. The summed E-state index contributed by atoms with van der Waals surface area (Å²) in [6.45, 7) is 0.755. The van der Waals surface area contributed by atoms with Gasteiger partial charge in [-0.2, -0.15) is 0 Å². The van der Waals surface area contributed by atoms with Gasteiger partial charge in [0.2, 0.25) is 5.91 Å². The van der Waals surface area contributed by atoms with Gasteiger partial charge in [0, 0.05) is 24.1 Å². The lowest BCUT2D eigenvalue weighted by Crippen LogP contribution is -2.48. The highest BCUT2D eigenvalue weighted by Crippen LogP contribution is 2.35. The van der Waals surface area contributed by atoms with E-state index in [2.05, 4.69) is 16.0 Å². The smallest absolute Gasteiger partial charge is 0.337 e. The first-order valence-electron chi connectivity index (χ1n) is 9.17. The number of hydrogen-bond donors (Lipinski definition) is 9. The van der Waals surface area contributed by atoms with Crippen molar-refractivity contribution in [2.24, 2.45) is 0 Å². The SMILES string of the molecule is CNC(=O)c1c(I)c(NC(C)=O)c(I)c(C(=O)O)c1I.CNC[C@H](O)[C@@H](O)[C@H](O)[C@H](O)CO. The fourth-order valence-corrected chi connectivity index (χ4v) is 6.74. The van der Waals surface area contributed by atoms with Gasteiger partial charge in [0.05, 0.1) is 36.7 Å². The van der Waals surface area contributed by atoms with Gasteiger partial charge >= 0.3 is 5.97 Å². The molecule has 0 saturated heterocycles. The van der Waals surface area contributed by atoms with Crippen LogP contribution in [0.4, 0.5) is 5.69 Å². The predicted molar refractivity (Wildman–Crippen MR) is 144 cm³/mol. The second kappa shape index (κ2) is 15.5. The van der Waals surface area contributed by atoms with Gasteiger partial charge in [-0.15, -0.1) is 0 Å². The summed E-state index contributed by atoms with van der Waals surface area (Å²) >= 11 is 5.61. The maximum absolute atomic E-state index is 12.0. The summed E-state index contributed by atoms with van der Waals surface area (Å²) in [5.41, 5.74) is 0.597. The molecule has 1 aromatic carbocycles. The number of hydrogen-bond acceptors (Lipinski definition) is 9. The number of amides is 2. The highest BCUT2D eigenvalue weighted by molar-refractivity contribution is 14.1. The lowest BCUT2D eigenvalue weighted by atomic mass is 10.0. The second-order valence-corrected chi connectivity index (χ2v) is 9.72. The number of carboxylic acids is 1. The predicted octanol–water partition coefficient (Wildman–Crippen LogP) is -0.842. The highest BCUT2D eigenvalue weighted by Gasteiger charge is 2.29. The Morgan fingerprint density at radius 2 is 1.36 bits per heavy atom. The minimum atomic E-state index is -1.55. The van der Waals surface area contributed by atoms with Crippen molar-refractivity contribution in [3.63, 3.8) is 0 Å². The Morgan fingerprint density at radius 3 is 1.76 bits per heavy atom. The topological polar surface area (TPSA) is 209 Å². The first kappa shape index (κ1) is 32.6. The van der Waals surface area contributed by atoms with Crippen LogP contribution in [0.2, 0.25) is 0 Å². The maximum atomic E-state index is 12.0. The summed E-state index contributed by atoms with van der Waals surface area (Å²) in [6, 6.07) is 0. The minimum absolute atomic E-state index is 0.00830. The zero-order valence-corrected chi connectivity index (χ0v) is 24.2. The van der Waals surface area contributed by atoms with Crippen LogP contribution in [-0.2, 0) is 4.79 Å². The minimum Gasteiger partial charge on any atom is -0.478 e. The van der Waals surface area contributed by atoms with Crippen molar-refractivity contribution >= 4 is 91.2 Å². The van der Waals surface area contributed by atoms with Crippen LogP contribution in [-0.4, -0.2) is 100 Å². The molecule has 33 heavy (non-hydrogen) atoms. The lowest BCUT2D eigenvalue weighted by Gasteiger charge is -2.25. The van der Waals surface area contributed by atoms with E-state index >= 15 is 0 Å². The molecule has 2 amide bonds. The Bertz CT molecular complexity index is 857. The van der Waals surface area contributed by atoms with Crippen LogP contribution in [0.5, 0.6) is 0 Å². The van der Waals surface area contributed by atoms with E-state index in [1.54, 1.807) is 7.05 Å². The number of carbonyl (C=O) groups excluding carboxylic acids is 2. The van der Waals surface area contributed by atoms with E-state index in [0.717, 1.165) is 0 Å². The Kier molecular flexibility index (Phi) is 15.4. The molecule has 0 saturated carbocycles. The largest absolute Gasteiger partial charge is 0.478 e. The van der Waals surface area contributed by atoms with Crippen LogP contribution in [0.1, 0.15) is 27.6 Å². The molecular weight excluding hydrogens is 783 g/mol. The summed E-state index contributed by atoms with van der Waals surface area (Å²) in [4.78, 5) is 34.6. The third-order valence-electron chi connectivity index (χ3n) is 4.02. The molecule has 0 fully saturated rings. The molecule has 0 aromatic heterocycles. The molecule has 1 rings (SSSR count). The van der Waals surface area contributed by atoms with Gasteiger partial charge in [0.25, 0.3) is 5.91 Å². The van der Waals surface area contributed by atoms with Crippen molar-refractivity contribution in [1.29, 1.82) is 0 Å². The van der Waals surface area contributed by atoms with E-state index < -0.39 is 42.9 Å². The number of nitrogens with one attached hydrogen (secondary N) is 3. The standard InChI is InChI=1S/C11H9I3N2O4.C7H17NO5/c1-3(17)16-9-7(13)4(10(18)15-2)6(12)5(8(9)14)11(19)20;1-8-2-4(10)6(12)7(13)5(11)3-9/h1-2H3,(H,15,18)(H,16,17)(H,19,20);4-13H,2-3H2,1H3/t;4-,5+,6+,7+/m.0/s1. The summed E-state index contributed by atoms with van der Waals surface area (Å²) in [5.74, 6) is -1.88. The molecule has 188 valence electrons. The molecule has 0 aliphatic heterocycles. The molecule has 0 heterocycles. The molecule has 0 radical (unpaired) electrons. The van der Waals surface area contributed by atoms with Crippen LogP contribution in [0.3, 0.4) is 0 Å². The van der Waals surface area contributed by atoms with Crippen LogP contribution < -0.4 is 16.0 Å². The molecule has 9 N–H and O–H groups in total. The van der Waals surface area contributed by atoms with Gasteiger partial charge in [0.15, 0.2) is 0 Å². The van der Waals surface area contributed by atoms with E-state index in [-0.39, 0.29) is 23.6 Å². The molecule has 12 nitrogen and oxygen atoms in total. The van der Waals surface area contributed by atoms with Crippen LogP contribution in [0.15, 0.2) is 0 Å². The van der Waals surface area contributed by atoms with Gasteiger partial charge in [-0.25, -0.2) is 4.79 Å². The third kappa shape index (κ3) is 9.28. The van der Waals surface area contributed by atoms with E-state index in [1.807, 2.05) is 67.8 Å². The van der Waals surface area contributed by atoms with Crippen LogP contribution in [0.25, 0.3) is 0 Å². The molecule has 0 unspecified atom stereocenters. The Balaban J connectivity index is 0.000000684. The summed E-state index contributed by atoms with van der Waals surface area (Å²) < 4.78 is 1.25. The summed E-state index contributed by atoms with van der Waals surface area (Å²) in [7, 11) is 3.04. The van der Waals surface area contributed by atoms with Gasteiger partial charge in [-0.3, -0.25) is 9.59 Å². The Morgan fingerprint density at radius 1 is 0.879 bits per heavy atom. The maximum Gasteiger partial charge on any atom is 0.337 e. The molecular formula is C18H26I3N3O9. The molecule has 0 bridgehead atoms. The number of aliphatic hydroxyl groups is 5. The number of aliphatic hydroxyl groups excluding tert-OH is 5. The van der Waals surface area contributed by atoms with Crippen molar-refractivity contribution in [2.75, 3.05) is 32.6 Å². The Labute approximate surface area is 231 Å². The monoisotopic (exact) mass is 809 g/mol. The zero-order chi connectivity index (χ0) is 26.0. The van der Waals surface area contributed by atoms with Crippen molar-refractivity contribution in [1.82, 2.24) is 10.6 Å². The Hall–Kier alpha value is -0.420. The van der Waals surface area contributed by atoms with E-state index in [1.165, 1.54) is 14.0 Å². The number of likely N-dealkylation sites (N-methyl/N-ethyl adjacent to an activating group) is 1. The molecule has 0 aliphatic carbocycles. The number of carbonyl (C=O) groups is 3. The number of anilines is 1. The number of aromatic carboxylic acids is 1. The van der Waals surface area contributed by atoms with E-state index in [9.17, 15) is 24.6 Å². The summed E-state index contributed by atoms with van der Waals surface area (Å²) in [5, 5.41) is 61.8. The fraction of sp³-hybridized carbons (Fsp3) is 0.500. The number of halogens is 3. The average molecular weight is 809 g/mol. The molecule has 4 atom stereocenters. The molecule has 0 spiro atoms. The first-order valence-corrected chi connectivity index (χ1v) is 12.4. The van der Waals surface area contributed by atoms with Gasteiger partial charge < -0.3 is 46.6 Å². The van der Waals surface area contributed by atoms with E-state index in [0.29, 0.717) is 16.4 Å². The molecule has 15 heteroatoms. The average Bonchev–Trinajstić information content (AvgIpc) is 2.75. The molecule has 0 aliphatic rings. The van der Waals surface area contributed by atoms with Crippen LogP contribution >= 0.6 is 67.8 Å².